The van der Waals surface area contributed by atoms with Crippen molar-refractivity contribution in [2.45, 2.75) is 53.1 Å². The summed E-state index contributed by atoms with van der Waals surface area (Å²) in [6.45, 7) is 9.32. The second-order valence-corrected chi connectivity index (χ2v) is 6.81. The van der Waals surface area contributed by atoms with Gasteiger partial charge in [-0.15, -0.1) is 0 Å². The lowest BCUT2D eigenvalue weighted by atomic mass is 10.1. The van der Waals surface area contributed by atoms with Gasteiger partial charge in [-0.05, 0) is 34.1 Å². The zero-order valence-electron chi connectivity index (χ0n) is 15.5. The van der Waals surface area contributed by atoms with Gasteiger partial charge in [0.15, 0.2) is 0 Å². The van der Waals surface area contributed by atoms with E-state index in [0.717, 1.165) is 22.7 Å². The first-order chi connectivity index (χ1) is 11.7. The fraction of sp³-hybridized carbons (Fsp3) is 0.588. The number of aliphatic imine (C=N–C) groups is 1. The first-order valence-electron chi connectivity index (χ1n) is 8.50. The molecule has 1 saturated heterocycles. The third-order valence-electron chi connectivity index (χ3n) is 5.17. The Balaban J connectivity index is 2.16. The van der Waals surface area contributed by atoms with Gasteiger partial charge in [0.05, 0.1) is 12.6 Å². The van der Waals surface area contributed by atoms with Crippen LogP contribution in [0.3, 0.4) is 0 Å². The highest BCUT2D eigenvalue weighted by Gasteiger charge is 2.54. The van der Waals surface area contributed by atoms with Crippen molar-refractivity contribution in [3.05, 3.63) is 11.4 Å². The molecule has 2 aliphatic heterocycles. The van der Waals surface area contributed by atoms with Crippen LogP contribution in [0.25, 0.3) is 0 Å². The molecule has 3 amide bonds. The summed E-state index contributed by atoms with van der Waals surface area (Å²) in [7, 11) is 1.59. The predicted octanol–water partition coefficient (Wildman–Crippen LogP) is 1.43. The maximum Gasteiger partial charge on any atom is 0.402 e. The number of imidazole rings is 1. The van der Waals surface area contributed by atoms with Crippen molar-refractivity contribution < 1.29 is 19.0 Å². The lowest BCUT2D eigenvalue weighted by molar-refractivity contribution is -0.683. The predicted molar refractivity (Wildman–Crippen MR) is 90.8 cm³/mol. The average molecular weight is 346 g/mol. The molecule has 1 aromatic heterocycles. The number of ketones is 1. The molecule has 8 nitrogen and oxygen atoms in total. The summed E-state index contributed by atoms with van der Waals surface area (Å²) in [6.07, 6.45) is 0.927. The Morgan fingerprint density at radius 2 is 1.96 bits per heavy atom. The van der Waals surface area contributed by atoms with Gasteiger partial charge >= 0.3 is 12.0 Å². The second kappa shape index (κ2) is 5.79. The van der Waals surface area contributed by atoms with Gasteiger partial charge in [0.2, 0.25) is 11.9 Å². The van der Waals surface area contributed by atoms with Gasteiger partial charge in [0.25, 0.3) is 5.91 Å². The van der Waals surface area contributed by atoms with Crippen LogP contribution in [-0.2, 0) is 9.59 Å². The summed E-state index contributed by atoms with van der Waals surface area (Å²) in [4.78, 5) is 44.0. The lowest BCUT2D eigenvalue weighted by Crippen LogP contribution is -2.63. The summed E-state index contributed by atoms with van der Waals surface area (Å²) in [5, 5.41) is 0. The third kappa shape index (κ3) is 2.31. The standard InChI is InChI=1S/C17H24N5O3/c1-7-9(2)21-11(4)12(5)22-13-14(18-16(21)22)19(6)17(25)20(15(13)24)8-10(3)23/h9,13H,7-8H2,1-6H3/q+1. The molecule has 0 N–H and O–H groups in total. The van der Waals surface area contributed by atoms with E-state index in [2.05, 4.69) is 23.4 Å². The van der Waals surface area contributed by atoms with Crippen molar-refractivity contribution in [3.8, 4) is 0 Å². The second-order valence-electron chi connectivity index (χ2n) is 6.81. The highest BCUT2D eigenvalue weighted by Crippen LogP contribution is 2.33. The van der Waals surface area contributed by atoms with E-state index in [9.17, 15) is 14.4 Å². The zero-order chi connectivity index (χ0) is 18.6. The fourth-order valence-corrected chi connectivity index (χ4v) is 3.54. The summed E-state index contributed by atoms with van der Waals surface area (Å²) in [5.74, 6) is 0.473. The van der Waals surface area contributed by atoms with Gasteiger partial charge in [-0.25, -0.2) is 13.9 Å². The van der Waals surface area contributed by atoms with Crippen LogP contribution in [0.5, 0.6) is 0 Å². The number of hydrogen-bond acceptors (Lipinski definition) is 4. The number of carbonyl (C=O) groups excluding carboxylic acids is 3. The van der Waals surface area contributed by atoms with E-state index < -0.39 is 18.0 Å². The molecular formula is C17H24N5O3+. The van der Waals surface area contributed by atoms with Gasteiger partial charge in [0, 0.05) is 7.05 Å². The number of fused-ring (bicyclic) bond motifs is 3. The molecule has 1 fully saturated rings. The van der Waals surface area contributed by atoms with Crippen LogP contribution in [0.4, 0.5) is 10.7 Å². The van der Waals surface area contributed by atoms with Crippen LogP contribution in [0, 0.1) is 13.8 Å². The van der Waals surface area contributed by atoms with Crippen LogP contribution < -0.4 is 4.57 Å². The molecule has 3 rings (SSSR count). The lowest BCUT2D eigenvalue weighted by Gasteiger charge is -2.32. The minimum absolute atomic E-state index is 0.216. The first-order valence-corrected chi connectivity index (χ1v) is 8.50. The Labute approximate surface area is 146 Å². The maximum absolute atomic E-state index is 13.0. The number of nitrogens with zero attached hydrogens (tertiary/aromatic N) is 5. The molecule has 2 atom stereocenters. The van der Waals surface area contributed by atoms with Crippen molar-refractivity contribution in [3.63, 3.8) is 0 Å². The Hall–Kier alpha value is -2.51. The monoisotopic (exact) mass is 346 g/mol. The third-order valence-corrected chi connectivity index (χ3v) is 5.17. The van der Waals surface area contributed by atoms with E-state index in [1.54, 1.807) is 7.05 Å². The number of imide groups is 1. The number of hydrogen-bond donors (Lipinski definition) is 0. The van der Waals surface area contributed by atoms with Crippen LogP contribution in [0.2, 0.25) is 0 Å². The summed E-state index contributed by atoms with van der Waals surface area (Å²) in [5.41, 5.74) is 2.00. The van der Waals surface area contributed by atoms with E-state index in [1.165, 1.54) is 11.8 Å². The van der Waals surface area contributed by atoms with E-state index in [1.807, 2.05) is 18.4 Å². The van der Waals surface area contributed by atoms with Crippen LogP contribution in [-0.4, -0.2) is 51.5 Å². The Kier molecular flexibility index (Phi) is 4.01. The molecule has 2 aliphatic rings. The van der Waals surface area contributed by atoms with Crippen LogP contribution >= 0.6 is 0 Å². The van der Waals surface area contributed by atoms with Gasteiger partial charge in [-0.1, -0.05) is 11.9 Å². The van der Waals surface area contributed by atoms with Gasteiger partial charge < -0.3 is 0 Å². The minimum atomic E-state index is -0.693. The molecule has 134 valence electrons. The molecular weight excluding hydrogens is 322 g/mol. The van der Waals surface area contributed by atoms with Crippen molar-refractivity contribution in [1.82, 2.24) is 14.4 Å². The molecule has 0 aromatic carbocycles. The summed E-state index contributed by atoms with van der Waals surface area (Å²) < 4.78 is 4.00. The topological polar surface area (TPSA) is 78.9 Å². The molecule has 1 aromatic rings. The normalized spacial score (nSPS) is 20.6. The molecule has 3 heterocycles. The van der Waals surface area contributed by atoms with Crippen molar-refractivity contribution in [2.75, 3.05) is 13.6 Å². The minimum Gasteiger partial charge on any atom is -0.298 e. The number of carbonyl (C=O) groups is 3. The van der Waals surface area contributed by atoms with E-state index in [-0.39, 0.29) is 18.4 Å². The van der Waals surface area contributed by atoms with Gasteiger partial charge in [0.1, 0.15) is 17.2 Å². The molecule has 0 radical (unpaired) electrons. The quantitative estimate of drug-likeness (QED) is 0.774. The number of urea groups is 1. The van der Waals surface area contributed by atoms with Crippen molar-refractivity contribution >= 4 is 29.5 Å². The fourth-order valence-electron chi connectivity index (χ4n) is 3.54. The molecule has 8 heteroatoms. The zero-order valence-corrected chi connectivity index (χ0v) is 15.5. The highest BCUT2D eigenvalue weighted by molar-refractivity contribution is 6.19. The van der Waals surface area contributed by atoms with E-state index in [0.29, 0.717) is 11.8 Å². The Bertz CT molecular complexity index is 823. The summed E-state index contributed by atoms with van der Waals surface area (Å²) >= 11 is 0. The molecule has 25 heavy (non-hydrogen) atoms. The van der Waals surface area contributed by atoms with E-state index >= 15 is 0 Å². The van der Waals surface area contributed by atoms with Crippen LogP contribution in [0.15, 0.2) is 4.99 Å². The van der Waals surface area contributed by atoms with E-state index in [4.69, 9.17) is 0 Å². The number of Topliss-reactive ketones (excluding diaryl/α,β-unsaturated/α-hetero) is 1. The SMILES string of the molecule is CCC(C)n1c(C)c(C)[n+]2c1N=C1C2C(=O)N(CC(C)=O)C(=O)N1C. The Morgan fingerprint density at radius 3 is 2.52 bits per heavy atom. The number of likely N-dealkylation sites (N-methyl/N-ethyl adjacent to an activating group) is 1. The molecule has 0 bridgehead atoms. The van der Waals surface area contributed by atoms with Crippen molar-refractivity contribution in [2.24, 2.45) is 4.99 Å². The summed E-state index contributed by atoms with van der Waals surface area (Å²) in [6, 6.07) is -0.977. The largest absolute Gasteiger partial charge is 0.402 e. The number of aromatic nitrogens is 2. The molecule has 0 saturated carbocycles. The molecule has 0 spiro atoms. The smallest absolute Gasteiger partial charge is 0.298 e. The first kappa shape index (κ1) is 17.3. The Morgan fingerprint density at radius 1 is 1.32 bits per heavy atom. The van der Waals surface area contributed by atoms with Crippen molar-refractivity contribution in [1.29, 1.82) is 0 Å². The number of amidine groups is 1. The molecule has 2 unspecified atom stereocenters. The van der Waals surface area contributed by atoms with Gasteiger partial charge in [-0.3, -0.25) is 19.4 Å². The van der Waals surface area contributed by atoms with Gasteiger partial charge in [-0.2, -0.15) is 0 Å². The van der Waals surface area contributed by atoms with Crippen LogP contribution in [0.1, 0.15) is 50.7 Å². The highest BCUT2D eigenvalue weighted by atomic mass is 16.2. The maximum atomic E-state index is 13.0. The molecule has 0 aliphatic carbocycles. The number of amides is 3. The number of rotatable bonds is 4. The average Bonchev–Trinajstić information content (AvgIpc) is 3.05.